The van der Waals surface area contributed by atoms with Gasteiger partial charge in [-0.05, 0) is 18.2 Å². The van der Waals surface area contributed by atoms with E-state index in [0.29, 0.717) is 10.6 Å². The zero-order chi connectivity index (χ0) is 16.0. The zero-order valence-electron chi connectivity index (χ0n) is 11.8. The van der Waals surface area contributed by atoms with Crippen molar-refractivity contribution in [2.24, 2.45) is 0 Å². The van der Waals surface area contributed by atoms with E-state index in [4.69, 9.17) is 11.6 Å². The third-order valence-corrected chi connectivity index (χ3v) is 5.30. The third-order valence-electron chi connectivity index (χ3n) is 3.85. The molecule has 23 heavy (non-hydrogen) atoms. The summed E-state index contributed by atoms with van der Waals surface area (Å²) in [6.45, 7) is 0. The first kappa shape index (κ1) is 14.2. The molecule has 0 bridgehead atoms. The quantitative estimate of drug-likeness (QED) is 0.318. The van der Waals surface area contributed by atoms with Crippen molar-refractivity contribution in [2.45, 2.75) is 0 Å². The summed E-state index contributed by atoms with van der Waals surface area (Å²) in [5.74, 6) is 0. The Labute approximate surface area is 140 Å². The molecule has 0 aliphatic heterocycles. The van der Waals surface area contributed by atoms with Crippen molar-refractivity contribution in [1.82, 2.24) is 0 Å². The standard InChI is InChI=1S/C18H10ClNO2S/c19-11-8-9-16(20(21)22)15(10-11)14-6-3-5-13-12-4-1-2-7-17(12)23-18(13)14/h1-10H. The largest absolute Gasteiger partial charge is 0.277 e. The number of benzene rings is 3. The van der Waals surface area contributed by atoms with Crippen LogP contribution in [0, 0.1) is 10.1 Å². The maximum Gasteiger partial charge on any atom is 0.277 e. The van der Waals surface area contributed by atoms with E-state index in [9.17, 15) is 10.1 Å². The fourth-order valence-corrected chi connectivity index (χ4v) is 4.24. The molecular weight excluding hydrogens is 330 g/mol. The van der Waals surface area contributed by atoms with Crippen molar-refractivity contribution >= 4 is 48.8 Å². The lowest BCUT2D eigenvalue weighted by Crippen LogP contribution is -1.92. The molecule has 112 valence electrons. The highest BCUT2D eigenvalue weighted by atomic mass is 35.5. The summed E-state index contributed by atoms with van der Waals surface area (Å²) in [5.41, 5.74) is 1.47. The van der Waals surface area contributed by atoms with Gasteiger partial charge in [-0.3, -0.25) is 10.1 Å². The molecule has 0 saturated heterocycles. The smallest absolute Gasteiger partial charge is 0.258 e. The molecule has 1 aromatic heterocycles. The fourth-order valence-electron chi connectivity index (χ4n) is 2.84. The number of hydrogen-bond donors (Lipinski definition) is 0. The lowest BCUT2D eigenvalue weighted by molar-refractivity contribution is -0.384. The second-order valence-corrected chi connectivity index (χ2v) is 6.69. The minimum Gasteiger partial charge on any atom is -0.258 e. The van der Waals surface area contributed by atoms with Crippen LogP contribution in [0.5, 0.6) is 0 Å². The average Bonchev–Trinajstić information content (AvgIpc) is 2.93. The van der Waals surface area contributed by atoms with Gasteiger partial charge in [0.15, 0.2) is 0 Å². The second kappa shape index (κ2) is 5.33. The molecule has 3 nitrogen and oxygen atoms in total. The predicted molar refractivity (Wildman–Crippen MR) is 96.4 cm³/mol. The molecule has 1 heterocycles. The SMILES string of the molecule is O=[N+]([O-])c1ccc(Cl)cc1-c1cccc2c1sc1ccccc12. The first-order chi connectivity index (χ1) is 11.1. The Bertz CT molecular complexity index is 1070. The molecule has 0 aliphatic rings. The lowest BCUT2D eigenvalue weighted by Gasteiger charge is -2.05. The first-order valence-electron chi connectivity index (χ1n) is 7.00. The Morgan fingerprint density at radius 2 is 1.70 bits per heavy atom. The summed E-state index contributed by atoms with van der Waals surface area (Å²) in [7, 11) is 0. The van der Waals surface area contributed by atoms with Gasteiger partial charge in [0.2, 0.25) is 0 Å². The molecule has 0 radical (unpaired) electrons. The van der Waals surface area contributed by atoms with Crippen molar-refractivity contribution in [1.29, 1.82) is 0 Å². The molecule has 0 saturated carbocycles. The number of hydrogen-bond acceptors (Lipinski definition) is 3. The van der Waals surface area contributed by atoms with Gasteiger partial charge in [0.05, 0.1) is 10.5 Å². The van der Waals surface area contributed by atoms with Gasteiger partial charge in [-0.2, -0.15) is 0 Å². The number of nitro groups is 1. The first-order valence-corrected chi connectivity index (χ1v) is 8.19. The molecule has 0 aliphatic carbocycles. The molecule has 0 spiro atoms. The van der Waals surface area contributed by atoms with Crippen molar-refractivity contribution < 1.29 is 4.92 Å². The number of nitrogens with zero attached hydrogens (tertiary/aromatic N) is 1. The van der Waals surface area contributed by atoms with Crippen LogP contribution in [-0.2, 0) is 0 Å². The second-order valence-electron chi connectivity index (χ2n) is 5.20. The predicted octanol–water partition coefficient (Wildman–Crippen LogP) is 6.28. The Kier molecular flexibility index (Phi) is 3.29. The van der Waals surface area contributed by atoms with E-state index >= 15 is 0 Å². The highest BCUT2D eigenvalue weighted by molar-refractivity contribution is 7.26. The number of fused-ring (bicyclic) bond motifs is 3. The van der Waals surface area contributed by atoms with Gasteiger partial charge < -0.3 is 0 Å². The van der Waals surface area contributed by atoms with Gasteiger partial charge in [0.25, 0.3) is 5.69 Å². The van der Waals surface area contributed by atoms with Crippen molar-refractivity contribution in [3.8, 4) is 11.1 Å². The Balaban J connectivity index is 2.11. The third kappa shape index (κ3) is 2.27. The summed E-state index contributed by atoms with van der Waals surface area (Å²) in [6.07, 6.45) is 0. The van der Waals surface area contributed by atoms with E-state index in [-0.39, 0.29) is 10.6 Å². The summed E-state index contributed by atoms with van der Waals surface area (Å²) in [5, 5.41) is 14.1. The van der Waals surface area contributed by atoms with E-state index in [1.165, 1.54) is 16.2 Å². The molecule has 0 unspecified atom stereocenters. The molecule has 0 fully saturated rings. The molecule has 0 N–H and O–H groups in total. The van der Waals surface area contributed by atoms with Gasteiger partial charge in [0, 0.05) is 36.8 Å². The minimum absolute atomic E-state index is 0.0688. The highest BCUT2D eigenvalue weighted by Gasteiger charge is 2.19. The molecule has 4 aromatic rings. The Morgan fingerprint density at radius 3 is 2.52 bits per heavy atom. The Hall–Kier alpha value is -2.43. The normalized spacial score (nSPS) is 11.2. The van der Waals surface area contributed by atoms with Crippen molar-refractivity contribution in [3.05, 3.63) is 75.8 Å². The molecule has 0 atom stereocenters. The van der Waals surface area contributed by atoms with Crippen LogP contribution in [0.25, 0.3) is 31.3 Å². The van der Waals surface area contributed by atoms with Crippen LogP contribution >= 0.6 is 22.9 Å². The summed E-state index contributed by atoms with van der Waals surface area (Å²) < 4.78 is 2.21. The number of thiophene rings is 1. The van der Waals surface area contributed by atoms with Crippen LogP contribution in [0.1, 0.15) is 0 Å². The summed E-state index contributed by atoms with van der Waals surface area (Å²) >= 11 is 7.73. The summed E-state index contributed by atoms with van der Waals surface area (Å²) in [6, 6.07) is 18.7. The van der Waals surface area contributed by atoms with E-state index in [2.05, 4.69) is 12.1 Å². The Morgan fingerprint density at radius 1 is 0.913 bits per heavy atom. The van der Waals surface area contributed by atoms with Gasteiger partial charge in [0.1, 0.15) is 0 Å². The van der Waals surface area contributed by atoms with Crippen LogP contribution < -0.4 is 0 Å². The number of rotatable bonds is 2. The number of nitro benzene ring substituents is 1. The van der Waals surface area contributed by atoms with Crippen LogP contribution in [0.15, 0.2) is 60.7 Å². The van der Waals surface area contributed by atoms with Crippen molar-refractivity contribution in [2.75, 3.05) is 0 Å². The van der Waals surface area contributed by atoms with E-state index in [0.717, 1.165) is 15.6 Å². The lowest BCUT2D eigenvalue weighted by atomic mass is 10.0. The van der Waals surface area contributed by atoms with Crippen molar-refractivity contribution in [3.63, 3.8) is 0 Å². The molecule has 0 amide bonds. The maximum absolute atomic E-state index is 11.4. The van der Waals surface area contributed by atoms with E-state index in [1.807, 2.05) is 30.3 Å². The van der Waals surface area contributed by atoms with Gasteiger partial charge >= 0.3 is 0 Å². The zero-order valence-corrected chi connectivity index (χ0v) is 13.4. The highest BCUT2D eigenvalue weighted by Crippen LogP contribution is 2.42. The molecule has 3 aromatic carbocycles. The molecule has 4 rings (SSSR count). The number of halogens is 1. The van der Waals surface area contributed by atoms with Gasteiger partial charge in [-0.1, -0.05) is 48.0 Å². The van der Waals surface area contributed by atoms with Crippen LogP contribution in [-0.4, -0.2) is 4.92 Å². The minimum atomic E-state index is -0.363. The van der Waals surface area contributed by atoms with Crippen LogP contribution in [0.2, 0.25) is 5.02 Å². The topological polar surface area (TPSA) is 43.1 Å². The maximum atomic E-state index is 11.4. The van der Waals surface area contributed by atoms with Gasteiger partial charge in [-0.25, -0.2) is 0 Å². The monoisotopic (exact) mass is 339 g/mol. The molecule has 5 heteroatoms. The van der Waals surface area contributed by atoms with Crippen LogP contribution in [0.3, 0.4) is 0 Å². The van der Waals surface area contributed by atoms with Gasteiger partial charge in [-0.15, -0.1) is 11.3 Å². The van der Waals surface area contributed by atoms with E-state index in [1.54, 1.807) is 23.5 Å². The fraction of sp³-hybridized carbons (Fsp3) is 0. The average molecular weight is 340 g/mol. The summed E-state index contributed by atoms with van der Waals surface area (Å²) in [4.78, 5) is 11.0. The molecular formula is C18H10ClNO2S. The van der Waals surface area contributed by atoms with Crippen LogP contribution in [0.4, 0.5) is 5.69 Å². The van der Waals surface area contributed by atoms with E-state index < -0.39 is 0 Å².